The van der Waals surface area contributed by atoms with Gasteiger partial charge in [-0.25, -0.2) is 4.98 Å². The molecule has 2 aromatic rings. The highest BCUT2D eigenvalue weighted by Crippen LogP contribution is 2.25. The third-order valence-electron chi connectivity index (χ3n) is 3.74. The summed E-state index contributed by atoms with van der Waals surface area (Å²) >= 11 is 1.65. The highest BCUT2D eigenvalue weighted by Gasteiger charge is 2.24. The summed E-state index contributed by atoms with van der Waals surface area (Å²) in [5.74, 6) is 0.648. The second kappa shape index (κ2) is 7.55. The highest BCUT2D eigenvalue weighted by atomic mass is 32.1. The van der Waals surface area contributed by atoms with E-state index < -0.39 is 0 Å². The van der Waals surface area contributed by atoms with Crippen LogP contribution in [0, 0.1) is 18.3 Å². The summed E-state index contributed by atoms with van der Waals surface area (Å²) in [4.78, 5) is 6.84. The smallest absolute Gasteiger partial charge is 0.137 e. The van der Waals surface area contributed by atoms with Crippen LogP contribution in [0.4, 0.5) is 0 Å². The molecule has 1 saturated heterocycles. The van der Waals surface area contributed by atoms with Crippen LogP contribution in [0.3, 0.4) is 0 Å². The molecule has 5 nitrogen and oxygen atoms in total. The average molecular weight is 329 g/mol. The lowest BCUT2D eigenvalue weighted by molar-refractivity contribution is -0.0330. The maximum absolute atomic E-state index is 9.07. The lowest BCUT2D eigenvalue weighted by atomic mass is 10.2. The maximum Gasteiger partial charge on any atom is 0.137 e. The molecule has 0 bridgehead atoms. The third kappa shape index (κ3) is 4.08. The van der Waals surface area contributed by atoms with Gasteiger partial charge in [-0.3, -0.25) is 4.90 Å². The maximum atomic E-state index is 9.07. The van der Waals surface area contributed by atoms with Gasteiger partial charge in [0.1, 0.15) is 29.5 Å². The molecule has 3 rings (SSSR count). The molecule has 6 heteroatoms. The van der Waals surface area contributed by atoms with Crippen molar-refractivity contribution in [1.29, 1.82) is 5.26 Å². The Hall–Kier alpha value is -1.94. The Bertz CT molecular complexity index is 695. The number of benzene rings is 1. The first kappa shape index (κ1) is 15.9. The van der Waals surface area contributed by atoms with Gasteiger partial charge in [0.15, 0.2) is 0 Å². The molecule has 0 amide bonds. The number of rotatable bonds is 5. The van der Waals surface area contributed by atoms with E-state index in [0.717, 1.165) is 30.3 Å². The fourth-order valence-corrected chi connectivity index (χ4v) is 3.38. The number of ether oxygens (including phenoxy) is 2. The van der Waals surface area contributed by atoms with E-state index in [1.54, 1.807) is 17.4 Å². The summed E-state index contributed by atoms with van der Waals surface area (Å²) in [6, 6.07) is 9.47. The predicted molar refractivity (Wildman–Crippen MR) is 88.6 cm³/mol. The van der Waals surface area contributed by atoms with Gasteiger partial charge in [0.2, 0.25) is 0 Å². The summed E-state index contributed by atoms with van der Waals surface area (Å²) in [5.41, 5.74) is 1.62. The molecule has 0 aliphatic carbocycles. The predicted octanol–water partition coefficient (Wildman–Crippen LogP) is 2.78. The molecule has 1 fully saturated rings. The van der Waals surface area contributed by atoms with Crippen LogP contribution < -0.4 is 4.74 Å². The van der Waals surface area contributed by atoms with Crippen molar-refractivity contribution in [2.75, 3.05) is 32.8 Å². The Balaban J connectivity index is 1.51. The van der Waals surface area contributed by atoms with Gasteiger partial charge in [-0.1, -0.05) is 12.1 Å². The van der Waals surface area contributed by atoms with Crippen LogP contribution in [0.5, 0.6) is 5.75 Å². The van der Waals surface area contributed by atoms with Crippen LogP contribution >= 0.6 is 11.3 Å². The Kier molecular flexibility index (Phi) is 5.23. The van der Waals surface area contributed by atoms with E-state index in [2.05, 4.69) is 21.3 Å². The van der Waals surface area contributed by atoms with Crippen LogP contribution in [0.1, 0.15) is 22.4 Å². The van der Waals surface area contributed by atoms with Crippen molar-refractivity contribution in [1.82, 2.24) is 9.88 Å². The molecule has 23 heavy (non-hydrogen) atoms. The Labute approximate surface area is 140 Å². The average Bonchev–Trinajstić information content (AvgIpc) is 3.02. The number of aryl methyl sites for hydroxylation is 1. The van der Waals surface area contributed by atoms with Crippen molar-refractivity contribution in [2.24, 2.45) is 0 Å². The Morgan fingerprint density at radius 1 is 1.48 bits per heavy atom. The zero-order chi connectivity index (χ0) is 16.1. The van der Waals surface area contributed by atoms with Crippen molar-refractivity contribution in [3.63, 3.8) is 0 Å². The summed E-state index contributed by atoms with van der Waals surface area (Å²) < 4.78 is 11.6. The summed E-state index contributed by atoms with van der Waals surface area (Å²) in [5, 5.41) is 12.2. The van der Waals surface area contributed by atoms with Crippen molar-refractivity contribution in [3.8, 4) is 11.8 Å². The lowest BCUT2D eigenvalue weighted by Crippen LogP contribution is -2.40. The largest absolute Gasteiger partial charge is 0.491 e. The molecule has 1 aliphatic heterocycles. The molecular weight excluding hydrogens is 310 g/mol. The molecule has 1 aliphatic rings. The first-order chi connectivity index (χ1) is 11.3. The lowest BCUT2D eigenvalue weighted by Gasteiger charge is -2.31. The van der Waals surface area contributed by atoms with Gasteiger partial charge >= 0.3 is 0 Å². The van der Waals surface area contributed by atoms with Gasteiger partial charge in [0.25, 0.3) is 0 Å². The molecule has 2 heterocycles. The fourth-order valence-electron chi connectivity index (χ4n) is 2.54. The minimum atomic E-state index is 0.0499. The number of nitrogens with zero attached hydrogens (tertiary/aromatic N) is 3. The van der Waals surface area contributed by atoms with Gasteiger partial charge in [-0.05, 0) is 19.1 Å². The number of morpholine rings is 1. The standard InChI is InChI=1S/C17H19N3O2S/c1-13-12-23-17(19-13)16-11-20(7-9-22-16)6-8-21-15-5-3-2-4-14(15)10-18/h2-5,12,16H,6-9,11H2,1H3/t16-/m0/s1. The van der Waals surface area contributed by atoms with Gasteiger partial charge < -0.3 is 9.47 Å². The number of aromatic nitrogens is 1. The van der Waals surface area contributed by atoms with E-state index in [1.807, 2.05) is 25.1 Å². The van der Waals surface area contributed by atoms with Gasteiger partial charge in [-0.2, -0.15) is 5.26 Å². The van der Waals surface area contributed by atoms with E-state index >= 15 is 0 Å². The van der Waals surface area contributed by atoms with E-state index in [0.29, 0.717) is 24.5 Å². The normalized spacial score (nSPS) is 18.5. The number of para-hydroxylation sites is 1. The van der Waals surface area contributed by atoms with Crippen molar-refractivity contribution >= 4 is 11.3 Å². The van der Waals surface area contributed by atoms with Gasteiger partial charge in [0.05, 0.1) is 12.2 Å². The van der Waals surface area contributed by atoms with Crippen LogP contribution in [0.15, 0.2) is 29.6 Å². The van der Waals surface area contributed by atoms with Gasteiger partial charge in [0, 0.05) is 30.7 Å². The molecule has 1 atom stereocenters. The SMILES string of the molecule is Cc1csc([C@@H]2CN(CCOc3ccccc3C#N)CCO2)n1. The first-order valence-corrected chi connectivity index (χ1v) is 8.52. The van der Waals surface area contributed by atoms with E-state index in [1.165, 1.54) is 0 Å². The minimum Gasteiger partial charge on any atom is -0.491 e. The molecular formula is C17H19N3O2S. The van der Waals surface area contributed by atoms with Crippen LogP contribution in [-0.2, 0) is 4.74 Å². The summed E-state index contributed by atoms with van der Waals surface area (Å²) in [6.45, 7) is 5.80. The summed E-state index contributed by atoms with van der Waals surface area (Å²) in [7, 11) is 0. The van der Waals surface area contributed by atoms with Crippen molar-refractivity contribution < 1.29 is 9.47 Å². The molecule has 120 valence electrons. The molecule has 1 aromatic heterocycles. The zero-order valence-corrected chi connectivity index (χ0v) is 13.9. The molecule has 0 spiro atoms. The number of hydrogen-bond acceptors (Lipinski definition) is 6. The second-order valence-corrected chi connectivity index (χ2v) is 6.33. The Morgan fingerprint density at radius 3 is 3.13 bits per heavy atom. The molecule has 0 saturated carbocycles. The van der Waals surface area contributed by atoms with E-state index in [9.17, 15) is 0 Å². The fraction of sp³-hybridized carbons (Fsp3) is 0.412. The number of hydrogen-bond donors (Lipinski definition) is 0. The van der Waals surface area contributed by atoms with Crippen molar-refractivity contribution in [3.05, 3.63) is 45.9 Å². The van der Waals surface area contributed by atoms with Crippen molar-refractivity contribution in [2.45, 2.75) is 13.0 Å². The van der Waals surface area contributed by atoms with E-state index in [4.69, 9.17) is 14.7 Å². The first-order valence-electron chi connectivity index (χ1n) is 7.64. The topological polar surface area (TPSA) is 58.4 Å². The minimum absolute atomic E-state index is 0.0499. The monoisotopic (exact) mass is 329 g/mol. The summed E-state index contributed by atoms with van der Waals surface area (Å²) in [6.07, 6.45) is 0.0499. The van der Waals surface area contributed by atoms with E-state index in [-0.39, 0.29) is 6.10 Å². The van der Waals surface area contributed by atoms with Gasteiger partial charge in [-0.15, -0.1) is 11.3 Å². The molecule has 0 N–H and O–H groups in total. The Morgan fingerprint density at radius 2 is 2.35 bits per heavy atom. The zero-order valence-electron chi connectivity index (χ0n) is 13.1. The van der Waals surface area contributed by atoms with Crippen LogP contribution in [-0.4, -0.2) is 42.7 Å². The molecule has 1 aromatic carbocycles. The highest BCUT2D eigenvalue weighted by molar-refractivity contribution is 7.09. The molecule has 0 unspecified atom stereocenters. The number of thiazole rings is 1. The molecule has 0 radical (unpaired) electrons. The second-order valence-electron chi connectivity index (χ2n) is 5.44. The third-order valence-corrected chi connectivity index (χ3v) is 4.79. The quantitative estimate of drug-likeness (QED) is 0.844. The number of nitriles is 1. The van der Waals surface area contributed by atoms with Crippen LogP contribution in [0.25, 0.3) is 0 Å². The van der Waals surface area contributed by atoms with Crippen LogP contribution in [0.2, 0.25) is 0 Å².